The van der Waals surface area contributed by atoms with Gasteiger partial charge in [0.1, 0.15) is 6.29 Å². The minimum absolute atomic E-state index is 0.0293. The van der Waals surface area contributed by atoms with Gasteiger partial charge in [-0.25, -0.2) is 18.4 Å². The van der Waals surface area contributed by atoms with Crippen molar-refractivity contribution in [1.82, 2.24) is 29.0 Å². The molecule has 2 saturated heterocycles. The monoisotopic (exact) mass is 607 g/mol. The van der Waals surface area contributed by atoms with Crippen LogP contribution >= 0.6 is 0 Å². The van der Waals surface area contributed by atoms with Crippen LogP contribution in [0.2, 0.25) is 0 Å². The molecule has 0 spiro atoms. The molecule has 2 amide bonds. The molecule has 228 valence electrons. The Morgan fingerprint density at radius 3 is 2.00 bits per heavy atom. The highest BCUT2D eigenvalue weighted by Crippen LogP contribution is 2.24. The number of rotatable bonds is 6. The number of sulfonamides is 1. The first-order valence-electron chi connectivity index (χ1n) is 14.1. The van der Waals surface area contributed by atoms with Crippen molar-refractivity contribution in [3.05, 3.63) is 66.4 Å². The van der Waals surface area contributed by atoms with Gasteiger partial charge in [-0.1, -0.05) is 12.1 Å². The van der Waals surface area contributed by atoms with Crippen molar-refractivity contribution in [1.29, 1.82) is 0 Å². The van der Waals surface area contributed by atoms with E-state index in [0.29, 0.717) is 30.3 Å². The highest BCUT2D eigenvalue weighted by Gasteiger charge is 2.29. The Hall–Kier alpha value is -4.20. The zero-order valence-electron chi connectivity index (χ0n) is 24.6. The third-order valence-electron chi connectivity index (χ3n) is 7.31. The van der Waals surface area contributed by atoms with Crippen molar-refractivity contribution >= 4 is 39.8 Å². The summed E-state index contributed by atoms with van der Waals surface area (Å²) < 4.78 is 27.6. The third-order valence-corrected chi connectivity index (χ3v) is 9.22. The maximum Gasteiger partial charge on any atom is 0.253 e. The Kier molecular flexibility index (Phi) is 10.6. The van der Waals surface area contributed by atoms with Crippen LogP contribution in [0.4, 0.5) is 11.6 Å². The van der Waals surface area contributed by atoms with Crippen molar-refractivity contribution in [2.45, 2.75) is 18.7 Å². The maximum atomic E-state index is 13.1. The van der Waals surface area contributed by atoms with Gasteiger partial charge in [0.25, 0.3) is 5.91 Å². The number of carbonyl (C=O) groups is 3. The van der Waals surface area contributed by atoms with E-state index in [9.17, 15) is 18.0 Å². The molecule has 43 heavy (non-hydrogen) atoms. The van der Waals surface area contributed by atoms with Gasteiger partial charge in [-0.3, -0.25) is 9.59 Å². The molecule has 0 atom stereocenters. The first kappa shape index (κ1) is 31.7. The molecule has 2 aromatic carbocycles. The lowest BCUT2D eigenvalue weighted by Crippen LogP contribution is -2.49. The number of nitrogens with zero attached hydrogens (tertiary/aromatic N) is 6. The molecule has 2 aliphatic rings. The molecule has 2 fully saturated rings. The average molecular weight is 608 g/mol. The maximum absolute atomic E-state index is 13.1. The lowest BCUT2D eigenvalue weighted by Gasteiger charge is -2.33. The molecule has 0 aliphatic carbocycles. The largest absolute Gasteiger partial charge is 0.340 e. The molecule has 13 heteroatoms. The minimum Gasteiger partial charge on any atom is -0.340 e. The standard InChI is InChI=1S/C28H33N7O4S.C2H4O/c1-21(36)33-17-19-35(20-18-33)40(38,39)25-9-5-22(6-10-25)26-11-12-29-28(31-26)30-24-7-3-23(4-8-24)27(37)34-15-13-32(2)14-16-34;1-2-3/h3-12H,13-20H2,1-2H3,(H,29,30,31);2H,1H3. The van der Waals surface area contributed by atoms with E-state index >= 15 is 0 Å². The highest BCUT2D eigenvalue weighted by atomic mass is 32.2. The molecule has 12 nitrogen and oxygen atoms in total. The second kappa shape index (κ2) is 14.3. The number of carbonyl (C=O) groups excluding carboxylic acids is 3. The van der Waals surface area contributed by atoms with E-state index < -0.39 is 10.0 Å². The Balaban J connectivity index is 0.00000135. The highest BCUT2D eigenvalue weighted by molar-refractivity contribution is 7.89. The summed E-state index contributed by atoms with van der Waals surface area (Å²) >= 11 is 0. The molecule has 3 heterocycles. The van der Waals surface area contributed by atoms with Crippen LogP contribution in [0.1, 0.15) is 24.2 Å². The van der Waals surface area contributed by atoms with Crippen molar-refractivity contribution < 1.29 is 22.8 Å². The number of benzene rings is 2. The summed E-state index contributed by atoms with van der Waals surface area (Å²) in [6.45, 7) is 7.45. The van der Waals surface area contributed by atoms with Crippen molar-refractivity contribution in [3.8, 4) is 11.3 Å². The zero-order chi connectivity index (χ0) is 31.0. The average Bonchev–Trinajstić information content (AvgIpc) is 3.02. The molecule has 1 N–H and O–H groups in total. The summed E-state index contributed by atoms with van der Waals surface area (Å²) in [5.74, 6) is 0.366. The van der Waals surface area contributed by atoms with Crippen LogP contribution in [-0.4, -0.2) is 115 Å². The van der Waals surface area contributed by atoms with Crippen LogP contribution in [0.5, 0.6) is 0 Å². The summed E-state index contributed by atoms with van der Waals surface area (Å²) in [5, 5.41) is 3.17. The van der Waals surface area contributed by atoms with E-state index in [2.05, 4.69) is 27.2 Å². The number of nitrogens with one attached hydrogen (secondary N) is 1. The normalized spacial score (nSPS) is 16.2. The number of aromatic nitrogens is 2. The molecule has 0 unspecified atom stereocenters. The number of piperazine rings is 2. The Labute approximate surface area is 252 Å². The van der Waals surface area contributed by atoms with E-state index in [4.69, 9.17) is 4.79 Å². The Morgan fingerprint density at radius 1 is 0.837 bits per heavy atom. The number of amides is 2. The van der Waals surface area contributed by atoms with Gasteiger partial charge < -0.3 is 24.8 Å². The van der Waals surface area contributed by atoms with Crippen LogP contribution in [0, 0.1) is 0 Å². The fourth-order valence-electron chi connectivity index (χ4n) is 4.79. The molecule has 2 aliphatic heterocycles. The van der Waals surface area contributed by atoms with Gasteiger partial charge >= 0.3 is 0 Å². The van der Waals surface area contributed by atoms with Gasteiger partial charge in [0.2, 0.25) is 21.9 Å². The number of aldehydes is 1. The molecular weight excluding hydrogens is 570 g/mol. The predicted molar refractivity (Wildman–Crippen MR) is 163 cm³/mol. The topological polar surface area (TPSA) is 136 Å². The lowest BCUT2D eigenvalue weighted by atomic mass is 10.1. The van der Waals surface area contributed by atoms with Crippen LogP contribution in [-0.2, 0) is 19.6 Å². The predicted octanol–water partition coefficient (Wildman–Crippen LogP) is 2.33. The van der Waals surface area contributed by atoms with Gasteiger partial charge in [0, 0.05) is 82.3 Å². The summed E-state index contributed by atoms with van der Waals surface area (Å²) in [5.41, 5.74) is 2.77. The number of hydrogen-bond acceptors (Lipinski definition) is 9. The summed E-state index contributed by atoms with van der Waals surface area (Å²) in [6, 6.07) is 15.6. The molecule has 0 radical (unpaired) electrons. The fraction of sp³-hybridized carbons (Fsp3) is 0.367. The first-order chi connectivity index (χ1) is 20.6. The van der Waals surface area contributed by atoms with E-state index in [0.717, 1.165) is 43.7 Å². The summed E-state index contributed by atoms with van der Waals surface area (Å²) in [7, 11) is -1.60. The van der Waals surface area contributed by atoms with Crippen molar-refractivity contribution in [3.63, 3.8) is 0 Å². The number of anilines is 2. The van der Waals surface area contributed by atoms with Gasteiger partial charge in [0.05, 0.1) is 10.6 Å². The Bertz CT molecular complexity index is 1520. The van der Waals surface area contributed by atoms with E-state index in [1.165, 1.54) is 18.2 Å². The summed E-state index contributed by atoms with van der Waals surface area (Å²) in [6.07, 6.45) is 2.38. The molecule has 0 saturated carbocycles. The van der Waals surface area contributed by atoms with Gasteiger partial charge in [-0.05, 0) is 56.4 Å². The fourth-order valence-corrected chi connectivity index (χ4v) is 6.21. The van der Waals surface area contributed by atoms with Crippen molar-refractivity contribution in [2.24, 2.45) is 0 Å². The van der Waals surface area contributed by atoms with Crippen LogP contribution in [0.3, 0.4) is 0 Å². The second-order valence-electron chi connectivity index (χ2n) is 10.2. The SMILES string of the molecule is CC(=O)N1CCN(S(=O)(=O)c2ccc(-c3ccnc(Nc4ccc(C(=O)N5CCN(C)CC5)cc4)n3)cc2)CC1.CC=O. The summed E-state index contributed by atoms with van der Waals surface area (Å²) in [4.78, 5) is 48.0. The zero-order valence-corrected chi connectivity index (χ0v) is 25.5. The van der Waals surface area contributed by atoms with Crippen LogP contribution in [0.15, 0.2) is 65.7 Å². The smallest absolute Gasteiger partial charge is 0.253 e. The third kappa shape index (κ3) is 8.00. The lowest BCUT2D eigenvalue weighted by molar-refractivity contribution is -0.130. The minimum atomic E-state index is -3.66. The Morgan fingerprint density at radius 2 is 1.42 bits per heavy atom. The molecular formula is C30H37N7O5S. The molecule has 1 aromatic heterocycles. The van der Waals surface area contributed by atoms with Crippen molar-refractivity contribution in [2.75, 3.05) is 64.7 Å². The number of hydrogen-bond donors (Lipinski definition) is 1. The molecule has 0 bridgehead atoms. The molecule has 3 aromatic rings. The van der Waals surface area contributed by atoms with Gasteiger partial charge in [-0.2, -0.15) is 4.31 Å². The van der Waals surface area contributed by atoms with E-state index in [-0.39, 0.29) is 29.8 Å². The second-order valence-corrected chi connectivity index (χ2v) is 12.2. The van der Waals surface area contributed by atoms with Gasteiger partial charge in [0.15, 0.2) is 0 Å². The van der Waals surface area contributed by atoms with E-state index in [1.807, 2.05) is 17.0 Å². The quantitative estimate of drug-likeness (QED) is 0.419. The van der Waals surface area contributed by atoms with Gasteiger partial charge in [-0.15, -0.1) is 0 Å². The molecule has 5 rings (SSSR count). The van der Waals surface area contributed by atoms with Crippen LogP contribution in [0.25, 0.3) is 11.3 Å². The van der Waals surface area contributed by atoms with Crippen LogP contribution < -0.4 is 5.32 Å². The first-order valence-corrected chi connectivity index (χ1v) is 15.5. The van der Waals surface area contributed by atoms with E-state index in [1.54, 1.807) is 53.6 Å². The number of likely N-dealkylation sites (N-methyl/N-ethyl adjacent to an activating group) is 1.